The van der Waals surface area contributed by atoms with Crippen molar-refractivity contribution in [1.82, 2.24) is 10.2 Å². The van der Waals surface area contributed by atoms with E-state index < -0.39 is 0 Å². The Balaban J connectivity index is 2.05. The highest BCUT2D eigenvalue weighted by Crippen LogP contribution is 2.35. The molecule has 3 nitrogen and oxygen atoms in total. The Morgan fingerprint density at radius 3 is 2.78 bits per heavy atom. The third-order valence-corrected chi connectivity index (χ3v) is 4.83. The van der Waals surface area contributed by atoms with Crippen LogP contribution in [0, 0.1) is 0 Å². The Bertz CT molecular complexity index is 639. The van der Waals surface area contributed by atoms with Crippen molar-refractivity contribution < 1.29 is 4.74 Å². The lowest BCUT2D eigenvalue weighted by Gasteiger charge is -2.32. The van der Waals surface area contributed by atoms with Gasteiger partial charge in [-0.15, -0.1) is 0 Å². The molecule has 0 bridgehead atoms. The molecule has 1 unspecified atom stereocenters. The van der Waals surface area contributed by atoms with Crippen LogP contribution in [0.3, 0.4) is 0 Å². The van der Waals surface area contributed by atoms with Gasteiger partial charge in [-0.1, -0.05) is 46.3 Å². The molecule has 0 aliphatic carbocycles. The fourth-order valence-electron chi connectivity index (χ4n) is 3.28. The number of halogens is 1. The molecule has 23 heavy (non-hydrogen) atoms. The van der Waals surface area contributed by atoms with Gasteiger partial charge in [0.2, 0.25) is 0 Å². The molecular weight excluding hydrogens is 352 g/mol. The second kappa shape index (κ2) is 7.95. The van der Waals surface area contributed by atoms with Crippen LogP contribution in [0.25, 0.3) is 0 Å². The Hall–Kier alpha value is -1.36. The first-order valence-corrected chi connectivity index (χ1v) is 8.92. The summed E-state index contributed by atoms with van der Waals surface area (Å²) in [6.45, 7) is 4.24. The number of nitrogens with zero attached hydrogens (tertiary/aromatic N) is 1. The van der Waals surface area contributed by atoms with Crippen LogP contribution in [0.15, 0.2) is 53.0 Å². The van der Waals surface area contributed by atoms with E-state index in [-0.39, 0.29) is 6.04 Å². The second-order valence-electron chi connectivity index (χ2n) is 5.84. The molecule has 3 rings (SSSR count). The molecule has 0 spiro atoms. The van der Waals surface area contributed by atoms with Crippen molar-refractivity contribution in [1.29, 1.82) is 0 Å². The Labute approximate surface area is 146 Å². The summed E-state index contributed by atoms with van der Waals surface area (Å²) in [5.74, 6) is 0.953. The zero-order valence-electron chi connectivity index (χ0n) is 13.5. The van der Waals surface area contributed by atoms with Crippen LogP contribution in [0.5, 0.6) is 5.75 Å². The SMILES string of the molecule is COc1ccccc1C(c1cccc(Br)c1)N1CCCNCC1. The molecule has 1 fully saturated rings. The molecule has 1 heterocycles. The molecule has 1 aliphatic rings. The van der Waals surface area contributed by atoms with Crippen molar-refractivity contribution in [3.05, 3.63) is 64.1 Å². The number of nitrogens with one attached hydrogen (secondary N) is 1. The first kappa shape index (κ1) is 16.5. The average Bonchev–Trinajstić information content (AvgIpc) is 2.85. The van der Waals surface area contributed by atoms with Crippen LogP contribution in [0.4, 0.5) is 0 Å². The average molecular weight is 375 g/mol. The molecule has 1 N–H and O–H groups in total. The molecule has 1 aliphatic heterocycles. The number of methoxy groups -OCH3 is 1. The smallest absolute Gasteiger partial charge is 0.123 e. The Kier molecular flexibility index (Phi) is 5.70. The first-order valence-electron chi connectivity index (χ1n) is 8.13. The fourth-order valence-corrected chi connectivity index (χ4v) is 3.70. The maximum atomic E-state index is 5.65. The van der Waals surface area contributed by atoms with E-state index in [0.29, 0.717) is 0 Å². The van der Waals surface area contributed by atoms with Gasteiger partial charge in [-0.05, 0) is 36.7 Å². The standard InChI is InChI=1S/C19H23BrN2O/c1-23-18-9-3-2-8-17(18)19(15-6-4-7-16(20)14-15)22-12-5-10-21-11-13-22/h2-4,6-9,14,19,21H,5,10-13H2,1H3. The molecule has 122 valence electrons. The molecule has 4 heteroatoms. The molecule has 1 saturated heterocycles. The van der Waals surface area contributed by atoms with Crippen LogP contribution >= 0.6 is 15.9 Å². The number of rotatable bonds is 4. The summed E-state index contributed by atoms with van der Waals surface area (Å²) in [4.78, 5) is 2.56. The zero-order valence-corrected chi connectivity index (χ0v) is 15.1. The summed E-state index contributed by atoms with van der Waals surface area (Å²) < 4.78 is 6.76. The van der Waals surface area contributed by atoms with Gasteiger partial charge in [0.15, 0.2) is 0 Å². The lowest BCUT2D eigenvalue weighted by Crippen LogP contribution is -2.33. The van der Waals surface area contributed by atoms with E-state index in [1.807, 2.05) is 6.07 Å². The normalized spacial score (nSPS) is 17.5. The van der Waals surface area contributed by atoms with Gasteiger partial charge >= 0.3 is 0 Å². The lowest BCUT2D eigenvalue weighted by molar-refractivity contribution is 0.236. The molecule has 0 aromatic heterocycles. The van der Waals surface area contributed by atoms with Gasteiger partial charge in [-0.2, -0.15) is 0 Å². The highest BCUT2D eigenvalue weighted by atomic mass is 79.9. The van der Waals surface area contributed by atoms with Crippen LogP contribution in [0.2, 0.25) is 0 Å². The number of ether oxygens (including phenoxy) is 1. The zero-order chi connectivity index (χ0) is 16.1. The summed E-state index contributed by atoms with van der Waals surface area (Å²) in [6, 6.07) is 17.2. The van der Waals surface area contributed by atoms with Gasteiger partial charge in [-0.25, -0.2) is 0 Å². The van der Waals surface area contributed by atoms with Crippen LogP contribution < -0.4 is 10.1 Å². The minimum atomic E-state index is 0.212. The molecule has 0 radical (unpaired) electrons. The minimum absolute atomic E-state index is 0.212. The molecule has 2 aromatic carbocycles. The third kappa shape index (κ3) is 3.94. The molecule has 0 amide bonds. The summed E-state index contributed by atoms with van der Waals surface area (Å²) >= 11 is 3.62. The summed E-state index contributed by atoms with van der Waals surface area (Å²) in [5.41, 5.74) is 2.53. The predicted octanol–water partition coefficient (Wildman–Crippen LogP) is 3.84. The summed E-state index contributed by atoms with van der Waals surface area (Å²) in [7, 11) is 1.75. The maximum absolute atomic E-state index is 5.65. The van der Waals surface area contributed by atoms with E-state index >= 15 is 0 Å². The van der Waals surface area contributed by atoms with E-state index in [2.05, 4.69) is 68.6 Å². The monoisotopic (exact) mass is 374 g/mol. The van der Waals surface area contributed by atoms with Crippen molar-refractivity contribution in [3.63, 3.8) is 0 Å². The van der Waals surface area contributed by atoms with Gasteiger partial charge in [0.05, 0.1) is 13.2 Å². The molecule has 0 saturated carbocycles. The second-order valence-corrected chi connectivity index (χ2v) is 6.75. The van der Waals surface area contributed by atoms with Crippen LogP contribution in [-0.4, -0.2) is 38.2 Å². The summed E-state index contributed by atoms with van der Waals surface area (Å²) in [5, 5.41) is 3.49. The van der Waals surface area contributed by atoms with E-state index in [0.717, 1.165) is 36.4 Å². The molecule has 2 aromatic rings. The summed E-state index contributed by atoms with van der Waals surface area (Å²) in [6.07, 6.45) is 1.17. The van der Waals surface area contributed by atoms with E-state index in [9.17, 15) is 0 Å². The number of benzene rings is 2. The number of hydrogen-bond acceptors (Lipinski definition) is 3. The number of para-hydroxylation sites is 1. The molecule has 1 atom stereocenters. The molecular formula is C19H23BrN2O. The van der Waals surface area contributed by atoms with Gasteiger partial charge in [0, 0.05) is 29.7 Å². The highest BCUT2D eigenvalue weighted by Gasteiger charge is 2.25. The van der Waals surface area contributed by atoms with Gasteiger partial charge in [-0.3, -0.25) is 4.90 Å². The topological polar surface area (TPSA) is 24.5 Å². The van der Waals surface area contributed by atoms with E-state index in [1.54, 1.807) is 7.11 Å². The van der Waals surface area contributed by atoms with Crippen molar-refractivity contribution in [2.75, 3.05) is 33.3 Å². The van der Waals surface area contributed by atoms with Crippen molar-refractivity contribution in [3.8, 4) is 5.75 Å². The minimum Gasteiger partial charge on any atom is -0.496 e. The van der Waals surface area contributed by atoms with E-state index in [4.69, 9.17) is 4.74 Å². The third-order valence-electron chi connectivity index (χ3n) is 4.34. The highest BCUT2D eigenvalue weighted by molar-refractivity contribution is 9.10. The predicted molar refractivity (Wildman–Crippen MR) is 98.0 cm³/mol. The number of hydrogen-bond donors (Lipinski definition) is 1. The fraction of sp³-hybridized carbons (Fsp3) is 0.368. The Morgan fingerprint density at radius 1 is 1.09 bits per heavy atom. The maximum Gasteiger partial charge on any atom is 0.123 e. The largest absolute Gasteiger partial charge is 0.496 e. The van der Waals surface area contributed by atoms with Crippen molar-refractivity contribution in [2.45, 2.75) is 12.5 Å². The van der Waals surface area contributed by atoms with Gasteiger partial charge in [0.25, 0.3) is 0 Å². The first-order chi connectivity index (χ1) is 11.3. The van der Waals surface area contributed by atoms with Crippen molar-refractivity contribution in [2.24, 2.45) is 0 Å². The Morgan fingerprint density at radius 2 is 1.96 bits per heavy atom. The van der Waals surface area contributed by atoms with Crippen LogP contribution in [-0.2, 0) is 0 Å². The van der Waals surface area contributed by atoms with Gasteiger partial charge in [0.1, 0.15) is 5.75 Å². The van der Waals surface area contributed by atoms with Crippen LogP contribution in [0.1, 0.15) is 23.6 Å². The van der Waals surface area contributed by atoms with E-state index in [1.165, 1.54) is 17.5 Å². The quantitative estimate of drug-likeness (QED) is 0.879. The van der Waals surface area contributed by atoms with Crippen molar-refractivity contribution >= 4 is 15.9 Å². The lowest BCUT2D eigenvalue weighted by atomic mass is 9.96. The van der Waals surface area contributed by atoms with Gasteiger partial charge < -0.3 is 10.1 Å².